The minimum atomic E-state index is -0.158. The Bertz CT molecular complexity index is 845. The number of hydrogen-bond acceptors (Lipinski definition) is 6. The van der Waals surface area contributed by atoms with E-state index in [4.69, 9.17) is 9.78 Å². The van der Waals surface area contributed by atoms with Crippen LogP contribution >= 0.6 is 0 Å². The first-order valence-electron chi connectivity index (χ1n) is 8.80. The molecule has 8 heteroatoms. The second-order valence-electron chi connectivity index (χ2n) is 6.40. The third-order valence-electron chi connectivity index (χ3n) is 4.50. The van der Waals surface area contributed by atoms with Crippen LogP contribution in [0.4, 0.5) is 0 Å². The normalized spacial score (nSPS) is 14.6. The van der Waals surface area contributed by atoms with E-state index in [2.05, 4.69) is 15.4 Å². The third-order valence-corrected chi connectivity index (χ3v) is 4.50. The highest BCUT2D eigenvalue weighted by Crippen LogP contribution is 2.09. The first-order chi connectivity index (χ1) is 13.1. The Morgan fingerprint density at radius 2 is 1.93 bits per heavy atom. The SMILES string of the molecule is Cc1cc(C(=O)N2CCN(CCNC(=O)c3ccc(C#N)cc3)CC2)no1. The number of piperazine rings is 1. The lowest BCUT2D eigenvalue weighted by Crippen LogP contribution is -2.50. The maximum absolute atomic E-state index is 12.3. The fourth-order valence-corrected chi connectivity index (χ4v) is 2.93. The summed E-state index contributed by atoms with van der Waals surface area (Å²) in [4.78, 5) is 28.4. The molecule has 0 saturated carbocycles. The van der Waals surface area contributed by atoms with Crippen molar-refractivity contribution >= 4 is 11.8 Å². The van der Waals surface area contributed by atoms with Gasteiger partial charge in [0.15, 0.2) is 5.69 Å². The van der Waals surface area contributed by atoms with Crippen LogP contribution in [0.25, 0.3) is 0 Å². The highest BCUT2D eigenvalue weighted by atomic mass is 16.5. The van der Waals surface area contributed by atoms with Crippen molar-refractivity contribution in [2.45, 2.75) is 6.92 Å². The maximum Gasteiger partial charge on any atom is 0.276 e. The molecule has 8 nitrogen and oxygen atoms in total. The van der Waals surface area contributed by atoms with E-state index >= 15 is 0 Å². The van der Waals surface area contributed by atoms with Crippen LogP contribution in [0.15, 0.2) is 34.9 Å². The minimum absolute atomic E-state index is 0.111. The molecule has 0 bridgehead atoms. The number of nitrogens with zero attached hydrogens (tertiary/aromatic N) is 4. The van der Waals surface area contributed by atoms with Gasteiger partial charge in [0.1, 0.15) is 5.76 Å². The van der Waals surface area contributed by atoms with E-state index in [1.165, 1.54) is 0 Å². The van der Waals surface area contributed by atoms with Crippen molar-refractivity contribution in [2.75, 3.05) is 39.3 Å². The molecule has 2 amide bonds. The van der Waals surface area contributed by atoms with Crippen molar-refractivity contribution in [1.82, 2.24) is 20.3 Å². The molecule has 0 aliphatic carbocycles. The zero-order chi connectivity index (χ0) is 19.2. The first-order valence-corrected chi connectivity index (χ1v) is 8.80. The number of rotatable bonds is 5. The third kappa shape index (κ3) is 4.71. The summed E-state index contributed by atoms with van der Waals surface area (Å²) in [5.41, 5.74) is 1.41. The molecule has 1 saturated heterocycles. The number of aryl methyl sites for hydroxylation is 1. The highest BCUT2D eigenvalue weighted by Gasteiger charge is 2.24. The number of nitrogens with one attached hydrogen (secondary N) is 1. The standard InChI is InChI=1S/C19H21N5O3/c1-14-12-17(22-27-14)19(26)24-10-8-23(9-11-24)7-6-21-18(25)16-4-2-15(13-20)3-5-16/h2-5,12H,6-11H2,1H3,(H,21,25). The summed E-state index contributed by atoms with van der Waals surface area (Å²) in [5.74, 6) is 0.352. The summed E-state index contributed by atoms with van der Waals surface area (Å²) in [7, 11) is 0. The molecular formula is C19H21N5O3. The molecule has 1 aliphatic rings. The lowest BCUT2D eigenvalue weighted by molar-refractivity contribution is 0.0628. The number of nitriles is 1. The van der Waals surface area contributed by atoms with Crippen molar-refractivity contribution in [3.05, 3.63) is 52.9 Å². The van der Waals surface area contributed by atoms with Gasteiger partial charge in [-0.05, 0) is 31.2 Å². The predicted octanol–water partition coefficient (Wildman–Crippen LogP) is 1.04. The van der Waals surface area contributed by atoms with Crippen molar-refractivity contribution < 1.29 is 14.1 Å². The van der Waals surface area contributed by atoms with Crippen LogP contribution in [0.1, 0.15) is 32.2 Å². The van der Waals surface area contributed by atoms with Crippen LogP contribution in [0.2, 0.25) is 0 Å². The van der Waals surface area contributed by atoms with Gasteiger partial charge in [0, 0.05) is 50.9 Å². The highest BCUT2D eigenvalue weighted by molar-refractivity contribution is 5.94. The minimum Gasteiger partial charge on any atom is -0.361 e. The summed E-state index contributed by atoms with van der Waals surface area (Å²) >= 11 is 0. The smallest absolute Gasteiger partial charge is 0.276 e. The Kier molecular flexibility index (Phi) is 5.84. The second kappa shape index (κ2) is 8.47. The first kappa shape index (κ1) is 18.6. The molecule has 1 aromatic heterocycles. The molecule has 1 aliphatic heterocycles. The molecule has 140 valence electrons. The fourth-order valence-electron chi connectivity index (χ4n) is 2.93. The Morgan fingerprint density at radius 1 is 1.22 bits per heavy atom. The van der Waals surface area contributed by atoms with E-state index < -0.39 is 0 Å². The van der Waals surface area contributed by atoms with Gasteiger partial charge in [0.25, 0.3) is 11.8 Å². The molecule has 3 rings (SSSR count). The molecule has 0 unspecified atom stereocenters. The quantitative estimate of drug-likeness (QED) is 0.847. The summed E-state index contributed by atoms with van der Waals surface area (Å²) < 4.78 is 4.96. The zero-order valence-corrected chi connectivity index (χ0v) is 15.1. The van der Waals surface area contributed by atoms with Gasteiger partial charge in [-0.25, -0.2) is 0 Å². The summed E-state index contributed by atoms with van der Waals surface area (Å²) in [6.07, 6.45) is 0. The van der Waals surface area contributed by atoms with Crippen molar-refractivity contribution in [2.24, 2.45) is 0 Å². The molecule has 1 fully saturated rings. The topological polar surface area (TPSA) is 102 Å². The molecule has 0 atom stereocenters. The summed E-state index contributed by atoms with van der Waals surface area (Å²) in [6, 6.07) is 10.2. The Morgan fingerprint density at radius 3 is 2.52 bits per heavy atom. The van der Waals surface area contributed by atoms with Gasteiger partial charge in [-0.3, -0.25) is 14.5 Å². The lowest BCUT2D eigenvalue weighted by atomic mass is 10.1. The van der Waals surface area contributed by atoms with E-state index in [1.54, 1.807) is 42.2 Å². The molecule has 27 heavy (non-hydrogen) atoms. The number of hydrogen-bond donors (Lipinski definition) is 1. The molecule has 0 spiro atoms. The van der Waals surface area contributed by atoms with Crippen LogP contribution in [-0.4, -0.2) is 66.0 Å². The van der Waals surface area contributed by atoms with E-state index in [0.29, 0.717) is 48.8 Å². The van der Waals surface area contributed by atoms with Crippen LogP contribution in [0, 0.1) is 18.3 Å². The number of carbonyl (C=O) groups excluding carboxylic acids is 2. The van der Waals surface area contributed by atoms with Crippen LogP contribution in [0.3, 0.4) is 0 Å². The molecule has 2 aromatic rings. The van der Waals surface area contributed by atoms with Gasteiger partial charge in [0.2, 0.25) is 0 Å². The van der Waals surface area contributed by atoms with Gasteiger partial charge in [0.05, 0.1) is 11.6 Å². The van der Waals surface area contributed by atoms with E-state index in [0.717, 1.165) is 13.1 Å². The average Bonchev–Trinajstić information content (AvgIpc) is 3.14. The van der Waals surface area contributed by atoms with Crippen molar-refractivity contribution in [3.8, 4) is 6.07 Å². The maximum atomic E-state index is 12.3. The van der Waals surface area contributed by atoms with Crippen LogP contribution in [0.5, 0.6) is 0 Å². The Labute approximate surface area is 157 Å². The summed E-state index contributed by atoms with van der Waals surface area (Å²) in [5, 5.41) is 15.4. The van der Waals surface area contributed by atoms with Crippen LogP contribution < -0.4 is 5.32 Å². The number of amides is 2. The lowest BCUT2D eigenvalue weighted by Gasteiger charge is -2.34. The van der Waals surface area contributed by atoms with Gasteiger partial charge in [-0.2, -0.15) is 5.26 Å². The van der Waals surface area contributed by atoms with E-state index in [-0.39, 0.29) is 11.8 Å². The molecule has 0 radical (unpaired) electrons. The Balaban J connectivity index is 1.40. The Hall–Kier alpha value is -3.18. The second-order valence-corrected chi connectivity index (χ2v) is 6.40. The number of aromatic nitrogens is 1. The zero-order valence-electron chi connectivity index (χ0n) is 15.1. The largest absolute Gasteiger partial charge is 0.361 e. The molecule has 1 aromatic carbocycles. The summed E-state index contributed by atoms with van der Waals surface area (Å²) in [6.45, 7) is 5.73. The molecular weight excluding hydrogens is 346 g/mol. The molecule has 1 N–H and O–H groups in total. The monoisotopic (exact) mass is 367 g/mol. The number of benzene rings is 1. The van der Waals surface area contributed by atoms with Gasteiger partial charge in [-0.15, -0.1) is 0 Å². The van der Waals surface area contributed by atoms with Gasteiger partial charge in [-0.1, -0.05) is 5.16 Å². The van der Waals surface area contributed by atoms with Gasteiger partial charge >= 0.3 is 0 Å². The van der Waals surface area contributed by atoms with Gasteiger partial charge < -0.3 is 14.7 Å². The van der Waals surface area contributed by atoms with Crippen molar-refractivity contribution in [1.29, 1.82) is 5.26 Å². The van der Waals surface area contributed by atoms with E-state index in [1.807, 2.05) is 6.07 Å². The number of carbonyl (C=O) groups is 2. The predicted molar refractivity (Wildman–Crippen MR) is 97.1 cm³/mol. The van der Waals surface area contributed by atoms with E-state index in [9.17, 15) is 9.59 Å². The fraction of sp³-hybridized carbons (Fsp3) is 0.368. The molecule has 2 heterocycles. The van der Waals surface area contributed by atoms with Crippen LogP contribution in [-0.2, 0) is 0 Å². The average molecular weight is 367 g/mol. The van der Waals surface area contributed by atoms with Crippen molar-refractivity contribution in [3.63, 3.8) is 0 Å².